The van der Waals surface area contributed by atoms with E-state index in [0.29, 0.717) is 6.04 Å². The number of para-hydroxylation sites is 1. The van der Waals surface area contributed by atoms with E-state index in [1.54, 1.807) is 0 Å². The highest BCUT2D eigenvalue weighted by molar-refractivity contribution is 5.84. The molecule has 0 bridgehead atoms. The summed E-state index contributed by atoms with van der Waals surface area (Å²) in [4.78, 5) is 6.33. The van der Waals surface area contributed by atoms with Crippen LogP contribution in [0.25, 0.3) is 10.9 Å². The number of rotatable bonds is 5. The monoisotopic (exact) mass is 366 g/mol. The minimum absolute atomic E-state index is 0.562. The number of nitrogens with one attached hydrogen (secondary N) is 1. The minimum Gasteiger partial charge on any atom is -0.358 e. The molecule has 28 heavy (non-hydrogen) atoms. The second kappa shape index (κ2) is 7.65. The molecule has 0 amide bonds. The van der Waals surface area contributed by atoms with E-state index in [4.69, 9.17) is 0 Å². The number of aromatic amines is 1. The van der Waals surface area contributed by atoms with Gasteiger partial charge in [0.15, 0.2) is 0 Å². The normalized spacial score (nSPS) is 16.4. The molecule has 1 aliphatic rings. The average molecular weight is 367 g/mol. The van der Waals surface area contributed by atoms with E-state index >= 15 is 0 Å². The maximum atomic E-state index is 3.66. The average Bonchev–Trinajstić information content (AvgIpc) is 3.13. The number of fused-ring (bicyclic) bond motifs is 3. The Balaban J connectivity index is 1.45. The molecule has 140 valence electrons. The van der Waals surface area contributed by atoms with Crippen molar-refractivity contribution < 1.29 is 0 Å². The highest BCUT2D eigenvalue weighted by Crippen LogP contribution is 2.32. The Labute approximate surface area is 166 Å². The van der Waals surface area contributed by atoms with Crippen molar-refractivity contribution in [3.8, 4) is 0 Å². The zero-order valence-corrected chi connectivity index (χ0v) is 16.1. The van der Waals surface area contributed by atoms with Gasteiger partial charge in [-0.15, -0.1) is 0 Å². The number of hydrogen-bond acceptors (Lipinski definition) is 1. The largest absolute Gasteiger partial charge is 0.358 e. The Morgan fingerprint density at radius 1 is 0.750 bits per heavy atom. The van der Waals surface area contributed by atoms with Gasteiger partial charge in [-0.2, -0.15) is 0 Å². The first-order valence-electron chi connectivity index (χ1n) is 10.3. The SMILES string of the molecule is c1ccc(CN(Cc2ccccc2)[C@@H]2CCc3[nH]c4ccccc4c3C2)cc1. The van der Waals surface area contributed by atoms with Gasteiger partial charge in [0.1, 0.15) is 0 Å². The topological polar surface area (TPSA) is 19.0 Å². The Bertz CT molecular complexity index is 1010. The van der Waals surface area contributed by atoms with Gasteiger partial charge in [-0.25, -0.2) is 0 Å². The summed E-state index contributed by atoms with van der Waals surface area (Å²) in [6.45, 7) is 2.00. The Hall–Kier alpha value is -2.84. The fourth-order valence-electron chi connectivity index (χ4n) is 4.61. The fourth-order valence-corrected chi connectivity index (χ4v) is 4.61. The summed E-state index contributed by atoms with van der Waals surface area (Å²) < 4.78 is 0. The molecule has 0 aliphatic heterocycles. The van der Waals surface area contributed by atoms with Crippen LogP contribution in [0, 0.1) is 0 Å². The fraction of sp³-hybridized carbons (Fsp3) is 0.231. The molecule has 5 rings (SSSR count). The van der Waals surface area contributed by atoms with Crippen molar-refractivity contribution >= 4 is 10.9 Å². The maximum absolute atomic E-state index is 3.66. The summed E-state index contributed by atoms with van der Waals surface area (Å²) in [6, 6.07) is 31.1. The third-order valence-corrected chi connectivity index (χ3v) is 6.04. The van der Waals surface area contributed by atoms with E-state index < -0.39 is 0 Å². The van der Waals surface area contributed by atoms with Crippen molar-refractivity contribution in [2.24, 2.45) is 0 Å². The minimum atomic E-state index is 0.562. The third kappa shape index (κ3) is 3.48. The number of H-pyrrole nitrogens is 1. The van der Waals surface area contributed by atoms with Crippen molar-refractivity contribution in [3.05, 3.63) is 107 Å². The van der Waals surface area contributed by atoms with Gasteiger partial charge in [-0.05, 0) is 42.0 Å². The van der Waals surface area contributed by atoms with E-state index in [1.165, 1.54) is 39.7 Å². The molecule has 2 heteroatoms. The summed E-state index contributed by atoms with van der Waals surface area (Å²) >= 11 is 0. The number of hydrogen-bond donors (Lipinski definition) is 1. The molecule has 3 aromatic carbocycles. The van der Waals surface area contributed by atoms with E-state index in [-0.39, 0.29) is 0 Å². The van der Waals surface area contributed by atoms with Crippen LogP contribution in [0.2, 0.25) is 0 Å². The molecular weight excluding hydrogens is 340 g/mol. The molecule has 0 saturated heterocycles. The van der Waals surface area contributed by atoms with E-state index in [9.17, 15) is 0 Å². The highest BCUT2D eigenvalue weighted by atomic mass is 15.2. The van der Waals surface area contributed by atoms with Gasteiger partial charge in [0.2, 0.25) is 0 Å². The first kappa shape index (κ1) is 17.3. The van der Waals surface area contributed by atoms with Crippen LogP contribution in [-0.2, 0) is 25.9 Å². The second-order valence-electron chi connectivity index (χ2n) is 7.90. The Morgan fingerprint density at radius 2 is 1.36 bits per heavy atom. The molecule has 2 nitrogen and oxygen atoms in total. The van der Waals surface area contributed by atoms with Crippen LogP contribution in [0.4, 0.5) is 0 Å². The number of nitrogens with zero attached hydrogens (tertiary/aromatic N) is 1. The van der Waals surface area contributed by atoms with Crippen molar-refractivity contribution in [3.63, 3.8) is 0 Å². The molecular formula is C26H26N2. The van der Waals surface area contributed by atoms with Crippen LogP contribution in [-0.4, -0.2) is 15.9 Å². The van der Waals surface area contributed by atoms with Crippen LogP contribution in [0.3, 0.4) is 0 Å². The highest BCUT2D eigenvalue weighted by Gasteiger charge is 2.27. The number of benzene rings is 3. The Kier molecular flexibility index (Phi) is 4.72. The van der Waals surface area contributed by atoms with Crippen LogP contribution < -0.4 is 0 Å². The van der Waals surface area contributed by atoms with E-state index in [2.05, 4.69) is 94.8 Å². The maximum Gasteiger partial charge on any atom is 0.0458 e. The van der Waals surface area contributed by atoms with Gasteiger partial charge in [-0.3, -0.25) is 4.90 Å². The predicted molar refractivity (Wildman–Crippen MR) is 116 cm³/mol. The lowest BCUT2D eigenvalue weighted by Crippen LogP contribution is -2.38. The molecule has 1 atom stereocenters. The molecule has 0 radical (unpaired) electrons. The van der Waals surface area contributed by atoms with Crippen LogP contribution in [0.15, 0.2) is 84.9 Å². The summed E-state index contributed by atoms with van der Waals surface area (Å²) in [7, 11) is 0. The molecule has 1 heterocycles. The van der Waals surface area contributed by atoms with Crippen LogP contribution in [0.5, 0.6) is 0 Å². The van der Waals surface area contributed by atoms with Gasteiger partial charge in [0, 0.05) is 35.7 Å². The summed E-state index contributed by atoms with van der Waals surface area (Å²) in [5.41, 5.74) is 7.03. The smallest absolute Gasteiger partial charge is 0.0458 e. The number of aromatic nitrogens is 1. The summed E-state index contributed by atoms with van der Waals surface area (Å²) in [5, 5.41) is 1.40. The molecule has 0 spiro atoms. The molecule has 0 fully saturated rings. The predicted octanol–water partition coefficient (Wildman–Crippen LogP) is 5.73. The van der Waals surface area contributed by atoms with Crippen molar-refractivity contribution in [2.75, 3.05) is 0 Å². The molecule has 1 aromatic heterocycles. The van der Waals surface area contributed by atoms with E-state index in [0.717, 1.165) is 25.9 Å². The number of aryl methyl sites for hydroxylation is 1. The van der Waals surface area contributed by atoms with Gasteiger partial charge in [0.25, 0.3) is 0 Å². The molecule has 4 aromatic rings. The first-order valence-corrected chi connectivity index (χ1v) is 10.3. The second-order valence-corrected chi connectivity index (χ2v) is 7.90. The summed E-state index contributed by atoms with van der Waals surface area (Å²) in [6.07, 6.45) is 3.47. The zero-order valence-electron chi connectivity index (χ0n) is 16.1. The zero-order chi connectivity index (χ0) is 18.8. The van der Waals surface area contributed by atoms with Crippen molar-refractivity contribution in [1.82, 2.24) is 9.88 Å². The van der Waals surface area contributed by atoms with Crippen LogP contribution >= 0.6 is 0 Å². The standard InChI is InChI=1S/C26H26N2/c1-3-9-20(10-4-1)18-28(19-21-11-5-2-6-12-21)22-15-16-26-24(17-22)23-13-7-8-14-25(23)27-26/h1-14,22,27H,15-19H2/t22-/m1/s1. The molecule has 1 aliphatic carbocycles. The Morgan fingerprint density at radius 3 is 2.04 bits per heavy atom. The van der Waals surface area contributed by atoms with Gasteiger partial charge in [-0.1, -0.05) is 78.9 Å². The molecule has 0 unspecified atom stereocenters. The van der Waals surface area contributed by atoms with Gasteiger partial charge >= 0.3 is 0 Å². The lowest BCUT2D eigenvalue weighted by atomic mass is 9.90. The quantitative estimate of drug-likeness (QED) is 0.478. The molecule has 1 N–H and O–H groups in total. The third-order valence-electron chi connectivity index (χ3n) is 6.04. The first-order chi connectivity index (χ1) is 13.9. The lowest BCUT2D eigenvalue weighted by Gasteiger charge is -2.34. The van der Waals surface area contributed by atoms with Crippen molar-refractivity contribution in [1.29, 1.82) is 0 Å². The van der Waals surface area contributed by atoms with E-state index in [1.807, 2.05) is 0 Å². The molecule has 0 saturated carbocycles. The van der Waals surface area contributed by atoms with Gasteiger partial charge < -0.3 is 4.98 Å². The van der Waals surface area contributed by atoms with Crippen LogP contribution in [0.1, 0.15) is 28.8 Å². The van der Waals surface area contributed by atoms with Crippen molar-refractivity contribution in [2.45, 2.75) is 38.4 Å². The summed E-state index contributed by atoms with van der Waals surface area (Å²) in [5.74, 6) is 0. The van der Waals surface area contributed by atoms with Gasteiger partial charge in [0.05, 0.1) is 0 Å². The lowest BCUT2D eigenvalue weighted by molar-refractivity contribution is 0.162.